The Bertz CT molecular complexity index is 1490. The molecule has 0 aliphatic carbocycles. The third kappa shape index (κ3) is 5.73. The SMILES string of the molecule is CCC1CN(Cc2cc(C(CC(=O)O)c3ccc4c(c3)CN(C)CC4)ccc2C)S(=O)(=O)c2ccccc2O1. The Balaban J connectivity index is 1.51. The van der Waals surface area contributed by atoms with Crippen molar-refractivity contribution in [3.63, 3.8) is 0 Å². The van der Waals surface area contributed by atoms with E-state index in [1.165, 1.54) is 15.4 Å². The first-order valence-electron chi connectivity index (χ1n) is 13.5. The van der Waals surface area contributed by atoms with Crippen molar-refractivity contribution < 1.29 is 23.1 Å². The minimum absolute atomic E-state index is 0.0434. The molecule has 7 nitrogen and oxygen atoms in total. The van der Waals surface area contributed by atoms with Gasteiger partial charge in [-0.05, 0) is 72.3 Å². The number of carboxylic acids is 1. The van der Waals surface area contributed by atoms with Crippen LogP contribution in [0.5, 0.6) is 5.75 Å². The monoisotopic (exact) mass is 548 g/mol. The van der Waals surface area contributed by atoms with E-state index in [1.54, 1.807) is 24.3 Å². The molecule has 0 saturated carbocycles. The van der Waals surface area contributed by atoms with Gasteiger partial charge in [-0.15, -0.1) is 0 Å². The van der Waals surface area contributed by atoms with E-state index in [4.69, 9.17) is 4.74 Å². The second-order valence-electron chi connectivity index (χ2n) is 10.7. The standard InChI is InChI=1S/C31H36N2O5S/c1-4-27-20-33(39(36,37)30-8-6-5-7-29(30)38-27)19-25-15-23(10-9-21(25)2)28(17-31(34)35)24-12-11-22-13-14-32(3)18-26(22)16-24/h5-12,15-16,27-28H,4,13-14,17-20H2,1-3H3,(H,34,35). The lowest BCUT2D eigenvalue weighted by molar-refractivity contribution is -0.137. The van der Waals surface area contributed by atoms with Crippen molar-refractivity contribution in [3.8, 4) is 5.75 Å². The van der Waals surface area contributed by atoms with Crippen molar-refractivity contribution in [2.24, 2.45) is 0 Å². The van der Waals surface area contributed by atoms with Gasteiger partial charge in [-0.25, -0.2) is 8.42 Å². The molecule has 3 aromatic carbocycles. The van der Waals surface area contributed by atoms with Gasteiger partial charge in [0.25, 0.3) is 0 Å². The Morgan fingerprint density at radius 3 is 2.59 bits per heavy atom. The normalized spacial score (nSPS) is 19.8. The number of benzene rings is 3. The third-order valence-electron chi connectivity index (χ3n) is 7.96. The zero-order chi connectivity index (χ0) is 27.7. The summed E-state index contributed by atoms with van der Waals surface area (Å²) in [7, 11) is -1.69. The molecule has 0 fully saturated rings. The van der Waals surface area contributed by atoms with Crippen LogP contribution in [0, 0.1) is 6.92 Å². The number of ether oxygens (including phenoxy) is 1. The van der Waals surface area contributed by atoms with Gasteiger partial charge in [-0.1, -0.05) is 55.5 Å². The molecule has 39 heavy (non-hydrogen) atoms. The maximum Gasteiger partial charge on any atom is 0.304 e. The molecule has 8 heteroatoms. The van der Waals surface area contributed by atoms with Crippen molar-refractivity contribution in [2.45, 2.75) is 63.1 Å². The van der Waals surface area contributed by atoms with Crippen LogP contribution in [0.1, 0.15) is 59.1 Å². The Kier molecular flexibility index (Phi) is 7.80. The van der Waals surface area contributed by atoms with Crippen LogP contribution in [0.2, 0.25) is 0 Å². The molecule has 1 N–H and O–H groups in total. The summed E-state index contributed by atoms with van der Waals surface area (Å²) < 4.78 is 35.0. The van der Waals surface area contributed by atoms with E-state index in [0.29, 0.717) is 12.2 Å². The summed E-state index contributed by atoms with van der Waals surface area (Å²) in [5.41, 5.74) is 6.22. The molecule has 0 radical (unpaired) electrons. The number of hydrogen-bond acceptors (Lipinski definition) is 5. The maximum absolute atomic E-state index is 13.7. The van der Waals surface area contributed by atoms with E-state index in [2.05, 4.69) is 30.1 Å². The van der Waals surface area contributed by atoms with Crippen LogP contribution >= 0.6 is 0 Å². The number of rotatable bonds is 7. The van der Waals surface area contributed by atoms with Gasteiger partial charge in [-0.2, -0.15) is 4.31 Å². The number of carboxylic acid groups (broad SMARTS) is 1. The summed E-state index contributed by atoms with van der Waals surface area (Å²) >= 11 is 0. The third-order valence-corrected chi connectivity index (χ3v) is 9.81. The molecule has 3 aromatic rings. The smallest absolute Gasteiger partial charge is 0.304 e. The molecule has 206 valence electrons. The van der Waals surface area contributed by atoms with Crippen molar-refractivity contribution in [1.29, 1.82) is 0 Å². The quantitative estimate of drug-likeness (QED) is 0.450. The Morgan fingerprint density at radius 1 is 1.08 bits per heavy atom. The van der Waals surface area contributed by atoms with Gasteiger partial charge in [0.05, 0.1) is 13.0 Å². The lowest BCUT2D eigenvalue weighted by Crippen LogP contribution is -2.36. The predicted octanol–water partition coefficient (Wildman–Crippen LogP) is 4.95. The summed E-state index contributed by atoms with van der Waals surface area (Å²) in [4.78, 5) is 14.4. The van der Waals surface area contributed by atoms with Gasteiger partial charge >= 0.3 is 5.97 Å². The van der Waals surface area contributed by atoms with E-state index in [-0.39, 0.29) is 36.4 Å². The van der Waals surface area contributed by atoms with Gasteiger partial charge in [0.2, 0.25) is 10.0 Å². The van der Waals surface area contributed by atoms with E-state index < -0.39 is 16.0 Å². The minimum atomic E-state index is -3.79. The first-order valence-corrected chi connectivity index (χ1v) is 15.0. The zero-order valence-corrected chi connectivity index (χ0v) is 23.6. The van der Waals surface area contributed by atoms with E-state index in [9.17, 15) is 18.3 Å². The molecule has 0 spiro atoms. The summed E-state index contributed by atoms with van der Waals surface area (Å²) in [5, 5.41) is 9.81. The number of para-hydroxylation sites is 1. The highest BCUT2D eigenvalue weighted by Crippen LogP contribution is 2.35. The van der Waals surface area contributed by atoms with Gasteiger partial charge in [0.15, 0.2) is 0 Å². The number of aryl methyl sites for hydroxylation is 1. The van der Waals surface area contributed by atoms with E-state index >= 15 is 0 Å². The topological polar surface area (TPSA) is 87.2 Å². The number of fused-ring (bicyclic) bond motifs is 2. The molecule has 2 atom stereocenters. The van der Waals surface area contributed by atoms with Crippen LogP contribution in [0.3, 0.4) is 0 Å². The number of carbonyl (C=O) groups is 1. The summed E-state index contributed by atoms with van der Waals surface area (Å²) in [6, 6.07) is 19.1. The lowest BCUT2D eigenvalue weighted by atomic mass is 9.84. The Morgan fingerprint density at radius 2 is 1.82 bits per heavy atom. The average Bonchev–Trinajstić information content (AvgIpc) is 3.01. The molecule has 2 heterocycles. The number of hydrogen-bond donors (Lipinski definition) is 1. The van der Waals surface area contributed by atoms with Gasteiger partial charge in [0, 0.05) is 25.6 Å². The fraction of sp³-hybridized carbons (Fsp3) is 0.387. The van der Waals surface area contributed by atoms with Crippen molar-refractivity contribution in [1.82, 2.24) is 9.21 Å². The number of aliphatic carboxylic acids is 1. The van der Waals surface area contributed by atoms with Gasteiger partial charge < -0.3 is 14.7 Å². The maximum atomic E-state index is 13.7. The minimum Gasteiger partial charge on any atom is -0.488 e. The van der Waals surface area contributed by atoms with Gasteiger partial charge in [0.1, 0.15) is 16.7 Å². The molecule has 0 saturated heterocycles. The van der Waals surface area contributed by atoms with Crippen LogP contribution < -0.4 is 4.74 Å². The van der Waals surface area contributed by atoms with Crippen LogP contribution in [0.4, 0.5) is 0 Å². The highest BCUT2D eigenvalue weighted by Gasteiger charge is 2.34. The number of sulfonamides is 1. The summed E-state index contributed by atoms with van der Waals surface area (Å²) in [6.45, 7) is 6.24. The fourth-order valence-corrected chi connectivity index (χ4v) is 7.18. The molecular weight excluding hydrogens is 512 g/mol. The number of nitrogens with zero attached hydrogens (tertiary/aromatic N) is 2. The van der Waals surface area contributed by atoms with Crippen LogP contribution in [-0.4, -0.2) is 54.9 Å². The molecule has 2 aliphatic rings. The molecule has 0 aromatic heterocycles. The average molecular weight is 549 g/mol. The largest absolute Gasteiger partial charge is 0.488 e. The highest BCUT2D eigenvalue weighted by molar-refractivity contribution is 7.89. The van der Waals surface area contributed by atoms with Crippen LogP contribution in [-0.2, 0) is 34.3 Å². The summed E-state index contributed by atoms with van der Waals surface area (Å²) in [5.74, 6) is -0.823. The van der Waals surface area contributed by atoms with Crippen molar-refractivity contribution in [3.05, 3.63) is 94.0 Å². The molecule has 2 unspecified atom stereocenters. The van der Waals surface area contributed by atoms with E-state index in [1.807, 2.05) is 32.0 Å². The predicted molar refractivity (Wildman–Crippen MR) is 150 cm³/mol. The Hall–Kier alpha value is -3.20. The summed E-state index contributed by atoms with van der Waals surface area (Å²) in [6.07, 6.45) is 1.35. The molecule has 0 amide bonds. The van der Waals surface area contributed by atoms with Crippen molar-refractivity contribution >= 4 is 16.0 Å². The molecule has 5 rings (SSSR count). The Labute approximate surface area is 231 Å². The zero-order valence-electron chi connectivity index (χ0n) is 22.8. The number of likely N-dealkylation sites (N-methyl/N-ethyl adjacent to an activating group) is 1. The van der Waals surface area contributed by atoms with Crippen molar-refractivity contribution in [2.75, 3.05) is 20.1 Å². The molecule has 2 aliphatic heterocycles. The van der Waals surface area contributed by atoms with Gasteiger partial charge in [-0.3, -0.25) is 4.79 Å². The first kappa shape index (κ1) is 27.4. The first-order chi connectivity index (χ1) is 18.7. The second-order valence-corrected chi connectivity index (χ2v) is 12.7. The lowest BCUT2D eigenvalue weighted by Gasteiger charge is -2.27. The highest BCUT2D eigenvalue weighted by atomic mass is 32.2. The fourth-order valence-electron chi connectivity index (χ4n) is 5.61. The van der Waals surface area contributed by atoms with Crippen LogP contribution in [0.25, 0.3) is 0 Å². The second kappa shape index (κ2) is 11.1. The molecule has 0 bridgehead atoms. The van der Waals surface area contributed by atoms with E-state index in [0.717, 1.165) is 41.8 Å². The molecular formula is C31H36N2O5S. The van der Waals surface area contributed by atoms with Crippen LogP contribution in [0.15, 0.2) is 65.6 Å².